The van der Waals surface area contributed by atoms with Crippen LogP contribution in [-0.2, 0) is 20.8 Å². The maximum Gasteiger partial charge on any atom is 0.377 e. The predicted octanol–water partition coefficient (Wildman–Crippen LogP) is 2.98. The molecule has 0 saturated carbocycles. The van der Waals surface area contributed by atoms with Gasteiger partial charge in [-0.1, -0.05) is 78.9 Å². The van der Waals surface area contributed by atoms with Gasteiger partial charge in [0.1, 0.15) is 0 Å². The molecule has 0 fully saturated rings. The lowest BCUT2D eigenvalue weighted by Crippen LogP contribution is -2.12. The van der Waals surface area contributed by atoms with Crippen molar-refractivity contribution in [2.75, 3.05) is 0 Å². The van der Waals surface area contributed by atoms with Crippen molar-refractivity contribution in [1.29, 1.82) is 0 Å². The van der Waals surface area contributed by atoms with E-state index in [1.807, 2.05) is 0 Å². The van der Waals surface area contributed by atoms with Gasteiger partial charge in [-0.3, -0.25) is 19.7 Å². The number of carbonyl (C=O) groups excluding carboxylic acids is 1. The van der Waals surface area contributed by atoms with Crippen LogP contribution in [0.3, 0.4) is 0 Å². The van der Waals surface area contributed by atoms with Gasteiger partial charge in [-0.2, -0.15) is 0 Å². The molecule has 0 saturated heterocycles. The van der Waals surface area contributed by atoms with Crippen LogP contribution >= 0.6 is 0 Å². The average molecular weight is 483 g/mol. The number of aliphatic hydroxyl groups excluding tert-OH is 1. The Balaban J connectivity index is 0.000000264. The van der Waals surface area contributed by atoms with Crippen LogP contribution in [0.5, 0.6) is 0 Å². The molecular weight excluding hydrogens is 462 g/mol. The summed E-state index contributed by atoms with van der Waals surface area (Å²) in [4.78, 5) is 51.3. The molecule has 0 aliphatic carbocycles. The highest BCUT2D eigenvalue weighted by Gasteiger charge is 2.15. The second kappa shape index (κ2) is 14.3. The molecule has 1 atom stereocenters. The van der Waals surface area contributed by atoms with Crippen molar-refractivity contribution in [3.63, 3.8) is 0 Å². The van der Waals surface area contributed by atoms with Crippen LogP contribution in [0.25, 0.3) is 0 Å². The molecule has 0 spiro atoms. The van der Waals surface area contributed by atoms with Gasteiger partial charge in [0.15, 0.2) is 6.10 Å². The standard InChI is InChI=1S/C8H7NO4.C8H8O3.C8H6O3/c10-8(11)5-6-3-1-2-4-7(6)9(12)13;2*9-7(8(10)11)6-4-2-1-3-5-6/h1-4H,5H2,(H,10,11);1-5,7,9H,(H,10,11);1-5H,(H,10,11). The van der Waals surface area contributed by atoms with E-state index in [-0.39, 0.29) is 23.2 Å². The number of aliphatic hydroxyl groups is 1. The van der Waals surface area contributed by atoms with Gasteiger partial charge in [0.2, 0.25) is 0 Å². The molecule has 3 aromatic rings. The molecule has 35 heavy (non-hydrogen) atoms. The fraction of sp³-hybridized carbons (Fsp3) is 0.0833. The molecule has 1 unspecified atom stereocenters. The lowest BCUT2D eigenvalue weighted by atomic mass is 10.1. The highest BCUT2D eigenvalue weighted by molar-refractivity contribution is 6.39. The Morgan fingerprint density at radius 1 is 0.771 bits per heavy atom. The largest absolute Gasteiger partial charge is 0.481 e. The SMILES string of the molecule is O=C(O)C(=O)c1ccccc1.O=C(O)C(O)c1ccccc1.O=C(O)Cc1ccccc1[N+](=O)[O-]. The smallest absolute Gasteiger partial charge is 0.377 e. The number of ketones is 1. The number of Topliss-reactive ketones (excluding diaryl/α,β-unsaturated/α-hetero) is 1. The average Bonchev–Trinajstić information content (AvgIpc) is 2.84. The Labute approximate surface area is 198 Å². The van der Waals surface area contributed by atoms with E-state index in [4.69, 9.17) is 20.4 Å². The number of carbonyl (C=O) groups is 4. The van der Waals surface area contributed by atoms with Crippen LogP contribution in [-0.4, -0.2) is 49.0 Å². The summed E-state index contributed by atoms with van der Waals surface area (Å²) >= 11 is 0. The first-order valence-electron chi connectivity index (χ1n) is 9.77. The quantitative estimate of drug-likeness (QED) is 0.168. The molecule has 4 N–H and O–H groups in total. The van der Waals surface area contributed by atoms with E-state index in [2.05, 4.69) is 0 Å². The summed E-state index contributed by atoms with van der Waals surface area (Å²) < 4.78 is 0. The van der Waals surface area contributed by atoms with Gasteiger partial charge < -0.3 is 20.4 Å². The van der Waals surface area contributed by atoms with Crippen molar-refractivity contribution < 1.29 is 44.5 Å². The number of rotatable bonds is 7. The van der Waals surface area contributed by atoms with Gasteiger partial charge in [0.05, 0.1) is 11.3 Å². The van der Waals surface area contributed by atoms with Crippen LogP contribution in [0.1, 0.15) is 27.6 Å². The topological polar surface area (TPSA) is 192 Å². The normalized spacial score (nSPS) is 10.3. The highest BCUT2D eigenvalue weighted by atomic mass is 16.6. The summed E-state index contributed by atoms with van der Waals surface area (Å²) in [6, 6.07) is 22.0. The fourth-order valence-corrected chi connectivity index (χ4v) is 2.49. The number of nitro groups is 1. The first-order chi connectivity index (χ1) is 16.5. The monoisotopic (exact) mass is 483 g/mol. The molecule has 11 nitrogen and oxygen atoms in total. The van der Waals surface area contributed by atoms with E-state index in [0.717, 1.165) is 0 Å². The Morgan fingerprint density at radius 3 is 1.71 bits per heavy atom. The number of nitrogens with zero attached hydrogens (tertiary/aromatic N) is 1. The molecule has 0 aliphatic rings. The molecule has 0 aliphatic heterocycles. The Kier molecular flexibility index (Phi) is 11.5. The number of para-hydroxylation sites is 1. The van der Waals surface area contributed by atoms with Crippen molar-refractivity contribution in [1.82, 2.24) is 0 Å². The van der Waals surface area contributed by atoms with Crippen LogP contribution in [0.2, 0.25) is 0 Å². The number of hydrogen-bond acceptors (Lipinski definition) is 7. The predicted molar refractivity (Wildman–Crippen MR) is 122 cm³/mol. The zero-order chi connectivity index (χ0) is 26.4. The maximum absolute atomic E-state index is 10.7. The summed E-state index contributed by atoms with van der Waals surface area (Å²) in [5.41, 5.74) is 0.685. The molecule has 3 rings (SSSR count). The molecule has 0 bridgehead atoms. The minimum atomic E-state index is -1.42. The number of carboxylic acids is 3. The van der Waals surface area contributed by atoms with E-state index in [0.29, 0.717) is 5.56 Å². The van der Waals surface area contributed by atoms with Crippen LogP contribution in [0.4, 0.5) is 5.69 Å². The zero-order valence-electron chi connectivity index (χ0n) is 18.1. The molecule has 11 heteroatoms. The van der Waals surface area contributed by atoms with Crippen LogP contribution in [0, 0.1) is 10.1 Å². The summed E-state index contributed by atoms with van der Waals surface area (Å²) in [5, 5.41) is 44.5. The number of carboxylic acid groups (broad SMARTS) is 3. The molecule has 3 aromatic carbocycles. The first-order valence-corrected chi connectivity index (χ1v) is 9.77. The molecule has 0 radical (unpaired) electrons. The van der Waals surface area contributed by atoms with E-state index >= 15 is 0 Å². The number of hydrogen-bond donors (Lipinski definition) is 4. The Morgan fingerprint density at radius 2 is 1.26 bits per heavy atom. The van der Waals surface area contributed by atoms with Gasteiger partial charge in [-0.25, -0.2) is 9.59 Å². The van der Waals surface area contributed by atoms with Crippen LogP contribution in [0.15, 0.2) is 84.9 Å². The summed E-state index contributed by atoms with van der Waals surface area (Å²) in [6.07, 6.45) is -1.73. The molecular formula is C24H21NO10. The highest BCUT2D eigenvalue weighted by Crippen LogP contribution is 2.17. The Bertz CT molecular complexity index is 1160. The lowest BCUT2D eigenvalue weighted by Gasteiger charge is -2.03. The third-order valence-corrected chi connectivity index (χ3v) is 4.11. The first kappa shape index (κ1) is 28.1. The van der Waals surface area contributed by atoms with Crippen molar-refractivity contribution in [2.45, 2.75) is 12.5 Å². The Hall–Kier alpha value is -4.90. The van der Waals surface area contributed by atoms with Gasteiger partial charge >= 0.3 is 17.9 Å². The molecule has 0 aromatic heterocycles. The summed E-state index contributed by atoms with van der Waals surface area (Å²) in [7, 11) is 0. The third-order valence-electron chi connectivity index (χ3n) is 4.11. The molecule has 0 amide bonds. The minimum Gasteiger partial charge on any atom is -0.481 e. The number of nitro benzene ring substituents is 1. The lowest BCUT2D eigenvalue weighted by molar-refractivity contribution is -0.385. The van der Waals surface area contributed by atoms with E-state index in [9.17, 15) is 29.3 Å². The summed E-state index contributed by atoms with van der Waals surface area (Å²) in [6.45, 7) is 0. The van der Waals surface area contributed by atoms with Gasteiger partial charge in [0.25, 0.3) is 11.5 Å². The van der Waals surface area contributed by atoms with Gasteiger partial charge in [0, 0.05) is 17.2 Å². The van der Waals surface area contributed by atoms with Gasteiger partial charge in [-0.15, -0.1) is 0 Å². The second-order valence-electron chi connectivity index (χ2n) is 6.61. The van der Waals surface area contributed by atoms with Crippen LogP contribution < -0.4 is 0 Å². The third kappa shape index (κ3) is 10.1. The van der Waals surface area contributed by atoms with Crippen molar-refractivity contribution >= 4 is 29.4 Å². The molecule has 0 heterocycles. The van der Waals surface area contributed by atoms with Crippen molar-refractivity contribution in [3.8, 4) is 0 Å². The molecule has 182 valence electrons. The minimum absolute atomic E-state index is 0.148. The fourth-order valence-electron chi connectivity index (χ4n) is 2.49. The number of aliphatic carboxylic acids is 3. The number of benzene rings is 3. The van der Waals surface area contributed by atoms with E-state index in [1.165, 1.54) is 30.3 Å². The maximum atomic E-state index is 10.7. The van der Waals surface area contributed by atoms with E-state index < -0.39 is 34.7 Å². The van der Waals surface area contributed by atoms with E-state index in [1.54, 1.807) is 54.6 Å². The van der Waals surface area contributed by atoms with Crippen molar-refractivity contribution in [3.05, 3.63) is 112 Å². The van der Waals surface area contributed by atoms with Gasteiger partial charge in [-0.05, 0) is 5.56 Å². The van der Waals surface area contributed by atoms with Crippen molar-refractivity contribution in [2.24, 2.45) is 0 Å². The summed E-state index contributed by atoms with van der Waals surface area (Å²) in [5.74, 6) is -4.59. The zero-order valence-corrected chi connectivity index (χ0v) is 18.1. The second-order valence-corrected chi connectivity index (χ2v) is 6.61.